The molecule has 176 valence electrons. The Kier molecular flexibility index (Phi) is 6.89. The van der Waals surface area contributed by atoms with Gasteiger partial charge in [0.1, 0.15) is 5.82 Å². The van der Waals surface area contributed by atoms with Gasteiger partial charge in [0, 0.05) is 17.4 Å². The zero-order valence-electron chi connectivity index (χ0n) is 20.1. The standard InChI is InChI=1S/C26H32ClN3O3/c1-16(2)20-15-30(22-10-8-18(14-28-22)23(31)32)24(33)29-26(20,6)19-9-7-17(21(27)13-19)11-12-25(3,4)5/h7-10,13-16H,11-12H2,1-6H3,(H,29,33)(H,31,32). The lowest BCUT2D eigenvalue weighted by Gasteiger charge is -2.42. The summed E-state index contributed by atoms with van der Waals surface area (Å²) in [6.45, 7) is 12.8. The first kappa shape index (κ1) is 24.8. The number of rotatable bonds is 6. The largest absolute Gasteiger partial charge is 0.478 e. The number of aromatic carboxylic acids is 1. The average Bonchev–Trinajstić information content (AvgIpc) is 2.72. The molecule has 0 saturated heterocycles. The molecule has 6 nitrogen and oxygen atoms in total. The highest BCUT2D eigenvalue weighted by Gasteiger charge is 2.40. The molecule has 1 aromatic heterocycles. The Bertz CT molecular complexity index is 1090. The molecule has 2 heterocycles. The van der Waals surface area contributed by atoms with Crippen LogP contribution in [-0.4, -0.2) is 22.1 Å². The number of carboxylic acids is 1. The van der Waals surface area contributed by atoms with Crippen molar-refractivity contribution in [1.29, 1.82) is 0 Å². The Balaban J connectivity index is 1.97. The van der Waals surface area contributed by atoms with E-state index in [4.69, 9.17) is 16.7 Å². The second-order valence-corrected chi connectivity index (χ2v) is 10.6. The number of carboxylic acid groups (broad SMARTS) is 1. The minimum absolute atomic E-state index is 0.0651. The summed E-state index contributed by atoms with van der Waals surface area (Å²) in [5.41, 5.74) is 2.54. The Morgan fingerprint density at radius 2 is 1.94 bits per heavy atom. The van der Waals surface area contributed by atoms with E-state index in [-0.39, 0.29) is 22.9 Å². The van der Waals surface area contributed by atoms with Crippen LogP contribution in [0.3, 0.4) is 0 Å². The zero-order valence-corrected chi connectivity index (χ0v) is 20.8. The highest BCUT2D eigenvalue weighted by atomic mass is 35.5. The first-order valence-corrected chi connectivity index (χ1v) is 11.5. The summed E-state index contributed by atoms with van der Waals surface area (Å²) in [6, 6.07) is 8.66. The summed E-state index contributed by atoms with van der Waals surface area (Å²) in [4.78, 5) is 29.8. The van der Waals surface area contributed by atoms with E-state index >= 15 is 0 Å². The molecular weight excluding hydrogens is 438 g/mol. The number of aryl methyl sites for hydroxylation is 1. The number of benzene rings is 1. The SMILES string of the molecule is CC(C)C1=CN(c2ccc(C(=O)O)cn2)C(=O)NC1(C)c1ccc(CCC(C)(C)C)c(Cl)c1. The van der Waals surface area contributed by atoms with Gasteiger partial charge in [0.15, 0.2) is 0 Å². The van der Waals surface area contributed by atoms with Gasteiger partial charge in [-0.3, -0.25) is 4.90 Å². The van der Waals surface area contributed by atoms with Crippen molar-refractivity contribution in [3.8, 4) is 0 Å². The predicted octanol–water partition coefficient (Wildman–Crippen LogP) is 6.40. The molecule has 0 saturated carbocycles. The summed E-state index contributed by atoms with van der Waals surface area (Å²) < 4.78 is 0. The Hall–Kier alpha value is -2.86. The molecule has 33 heavy (non-hydrogen) atoms. The van der Waals surface area contributed by atoms with Crippen LogP contribution in [0.25, 0.3) is 0 Å². The number of carbonyl (C=O) groups is 2. The molecule has 1 unspecified atom stereocenters. The van der Waals surface area contributed by atoms with Gasteiger partial charge in [-0.05, 0) is 66.0 Å². The van der Waals surface area contributed by atoms with Gasteiger partial charge in [-0.15, -0.1) is 0 Å². The molecule has 0 radical (unpaired) electrons. The maximum absolute atomic E-state index is 13.1. The van der Waals surface area contributed by atoms with Crippen molar-refractivity contribution in [3.63, 3.8) is 0 Å². The molecule has 0 aliphatic carbocycles. The van der Waals surface area contributed by atoms with E-state index < -0.39 is 11.5 Å². The van der Waals surface area contributed by atoms with Gasteiger partial charge in [0.05, 0.1) is 11.1 Å². The zero-order chi connectivity index (χ0) is 24.6. The Morgan fingerprint density at radius 1 is 1.24 bits per heavy atom. The number of aromatic nitrogens is 1. The third kappa shape index (κ3) is 5.38. The molecule has 0 fully saturated rings. The lowest BCUT2D eigenvalue weighted by molar-refractivity contribution is 0.0696. The monoisotopic (exact) mass is 469 g/mol. The van der Waals surface area contributed by atoms with Gasteiger partial charge in [-0.25, -0.2) is 14.6 Å². The van der Waals surface area contributed by atoms with Crippen LogP contribution in [0.2, 0.25) is 5.02 Å². The van der Waals surface area contributed by atoms with E-state index in [0.717, 1.165) is 29.5 Å². The molecule has 7 heteroatoms. The van der Waals surface area contributed by atoms with Crippen LogP contribution in [0.5, 0.6) is 0 Å². The van der Waals surface area contributed by atoms with Gasteiger partial charge in [0.2, 0.25) is 0 Å². The number of carbonyl (C=O) groups excluding carboxylic acids is 1. The summed E-state index contributed by atoms with van der Waals surface area (Å²) >= 11 is 6.67. The summed E-state index contributed by atoms with van der Waals surface area (Å²) in [5, 5.41) is 12.9. The van der Waals surface area contributed by atoms with Crippen molar-refractivity contribution >= 4 is 29.4 Å². The van der Waals surface area contributed by atoms with E-state index in [1.54, 1.807) is 6.20 Å². The van der Waals surface area contributed by atoms with Gasteiger partial charge in [-0.1, -0.05) is 58.4 Å². The molecule has 2 aromatic rings. The summed E-state index contributed by atoms with van der Waals surface area (Å²) in [5.74, 6) is -0.588. The van der Waals surface area contributed by atoms with Gasteiger partial charge in [-0.2, -0.15) is 0 Å². The van der Waals surface area contributed by atoms with Crippen LogP contribution in [0, 0.1) is 11.3 Å². The Morgan fingerprint density at radius 3 is 2.45 bits per heavy atom. The van der Waals surface area contributed by atoms with Crippen LogP contribution in [0.1, 0.15) is 69.4 Å². The predicted molar refractivity (Wildman–Crippen MR) is 132 cm³/mol. The third-order valence-corrected chi connectivity index (χ3v) is 6.41. The van der Waals surface area contributed by atoms with E-state index in [9.17, 15) is 9.59 Å². The first-order chi connectivity index (χ1) is 15.3. The van der Waals surface area contributed by atoms with Crippen LogP contribution in [0.15, 0.2) is 48.3 Å². The van der Waals surface area contributed by atoms with Crippen LogP contribution in [0.4, 0.5) is 10.6 Å². The minimum atomic E-state index is -1.06. The van der Waals surface area contributed by atoms with Gasteiger partial charge < -0.3 is 10.4 Å². The number of halogens is 1. The minimum Gasteiger partial charge on any atom is -0.478 e. The van der Waals surface area contributed by atoms with E-state index in [2.05, 4.69) is 51.0 Å². The fourth-order valence-corrected chi connectivity index (χ4v) is 4.31. The fourth-order valence-electron chi connectivity index (χ4n) is 4.03. The summed E-state index contributed by atoms with van der Waals surface area (Å²) in [6.07, 6.45) is 4.97. The van der Waals surface area contributed by atoms with E-state index in [1.165, 1.54) is 23.2 Å². The van der Waals surface area contributed by atoms with Crippen LogP contribution < -0.4 is 10.2 Å². The number of anilines is 1. The second kappa shape index (κ2) is 9.18. The maximum Gasteiger partial charge on any atom is 0.337 e. The third-order valence-electron chi connectivity index (χ3n) is 6.06. The molecule has 1 aliphatic heterocycles. The van der Waals surface area contributed by atoms with Crippen molar-refractivity contribution in [2.45, 2.75) is 59.9 Å². The second-order valence-electron chi connectivity index (χ2n) is 10.2. The highest BCUT2D eigenvalue weighted by Crippen LogP contribution is 2.39. The number of urea groups is 1. The van der Waals surface area contributed by atoms with Crippen molar-refractivity contribution < 1.29 is 14.7 Å². The van der Waals surface area contributed by atoms with Gasteiger partial charge >= 0.3 is 12.0 Å². The van der Waals surface area contributed by atoms with Crippen LogP contribution in [-0.2, 0) is 12.0 Å². The smallest absolute Gasteiger partial charge is 0.337 e. The van der Waals surface area contributed by atoms with E-state index in [1.807, 2.05) is 19.1 Å². The quantitative estimate of drug-likeness (QED) is 0.513. The molecule has 1 aromatic carbocycles. The van der Waals surface area contributed by atoms with E-state index in [0.29, 0.717) is 10.8 Å². The maximum atomic E-state index is 13.1. The Labute approximate surface area is 200 Å². The normalized spacial score (nSPS) is 18.8. The lowest BCUT2D eigenvalue weighted by Crippen LogP contribution is -2.55. The first-order valence-electron chi connectivity index (χ1n) is 11.1. The molecule has 2 amide bonds. The fraction of sp³-hybridized carbons (Fsp3) is 0.423. The van der Waals surface area contributed by atoms with Crippen molar-refractivity contribution in [2.75, 3.05) is 4.90 Å². The molecule has 2 N–H and O–H groups in total. The summed E-state index contributed by atoms with van der Waals surface area (Å²) in [7, 11) is 0. The molecule has 1 aliphatic rings. The number of nitrogens with one attached hydrogen (secondary N) is 1. The van der Waals surface area contributed by atoms with Crippen molar-refractivity contribution in [1.82, 2.24) is 10.3 Å². The number of nitrogens with zero attached hydrogens (tertiary/aromatic N) is 2. The lowest BCUT2D eigenvalue weighted by atomic mass is 9.78. The number of hydrogen-bond acceptors (Lipinski definition) is 3. The van der Waals surface area contributed by atoms with Gasteiger partial charge in [0.25, 0.3) is 0 Å². The molecule has 3 rings (SSSR count). The number of hydrogen-bond donors (Lipinski definition) is 2. The molecule has 0 bridgehead atoms. The van der Waals surface area contributed by atoms with Crippen molar-refractivity contribution in [3.05, 3.63) is 70.0 Å². The number of pyridine rings is 1. The molecular formula is C26H32ClN3O3. The number of amides is 2. The molecule has 1 atom stereocenters. The average molecular weight is 470 g/mol. The molecule has 0 spiro atoms. The van der Waals surface area contributed by atoms with Crippen molar-refractivity contribution in [2.24, 2.45) is 11.3 Å². The highest BCUT2D eigenvalue weighted by molar-refractivity contribution is 6.31. The van der Waals surface area contributed by atoms with Crippen LogP contribution >= 0.6 is 11.6 Å². The topological polar surface area (TPSA) is 82.5 Å².